The van der Waals surface area contributed by atoms with Gasteiger partial charge >= 0.3 is 0 Å². The maximum absolute atomic E-state index is 5.26. The maximum Gasteiger partial charge on any atom is 0.179 e. The topological polar surface area (TPSA) is 31.4 Å². The van der Waals surface area contributed by atoms with Crippen molar-refractivity contribution in [3.8, 4) is 11.5 Å². The first-order chi connectivity index (χ1) is 4.97. The zero-order valence-electron chi connectivity index (χ0n) is 5.41. The lowest BCUT2D eigenvalue weighted by Gasteiger charge is -2.16. The number of nitrogens with zero attached hydrogens (tertiary/aromatic N) is 1. The number of hydrogen-bond acceptors (Lipinski definition) is 3. The van der Waals surface area contributed by atoms with Crippen molar-refractivity contribution in [1.29, 1.82) is 0 Å². The summed E-state index contributed by atoms with van der Waals surface area (Å²) in [5, 5.41) is 0. The standard InChI is InChI=1S/C7H7NO2/c1-2-8-5-7-6(1)9-3-4-10-7/h1-2,5H,3-4H2. The minimum absolute atomic E-state index is 0.624. The molecule has 0 saturated heterocycles. The third-order valence-corrected chi connectivity index (χ3v) is 1.35. The molecule has 1 aliphatic heterocycles. The highest BCUT2D eigenvalue weighted by Gasteiger charge is 2.08. The molecule has 3 nitrogen and oxygen atoms in total. The van der Waals surface area contributed by atoms with Crippen molar-refractivity contribution in [2.45, 2.75) is 0 Å². The lowest BCUT2D eigenvalue weighted by atomic mass is 10.4. The van der Waals surface area contributed by atoms with Crippen molar-refractivity contribution in [2.24, 2.45) is 0 Å². The third-order valence-electron chi connectivity index (χ3n) is 1.35. The van der Waals surface area contributed by atoms with E-state index in [9.17, 15) is 0 Å². The molecule has 0 spiro atoms. The Kier molecular flexibility index (Phi) is 1.20. The second kappa shape index (κ2) is 2.17. The van der Waals surface area contributed by atoms with Crippen LogP contribution in [-0.2, 0) is 0 Å². The summed E-state index contributed by atoms with van der Waals surface area (Å²) in [6, 6.07) is 1.80. The van der Waals surface area contributed by atoms with E-state index in [-0.39, 0.29) is 0 Å². The van der Waals surface area contributed by atoms with Crippen molar-refractivity contribution >= 4 is 0 Å². The van der Waals surface area contributed by atoms with Crippen LogP contribution in [0.4, 0.5) is 0 Å². The summed E-state index contributed by atoms with van der Waals surface area (Å²) in [6.07, 6.45) is 3.35. The average molecular weight is 137 g/mol. The van der Waals surface area contributed by atoms with Gasteiger partial charge < -0.3 is 9.47 Å². The predicted octanol–water partition coefficient (Wildman–Crippen LogP) is 0.853. The van der Waals surface area contributed by atoms with Crippen LogP contribution in [0.15, 0.2) is 18.5 Å². The molecule has 1 aromatic rings. The van der Waals surface area contributed by atoms with Gasteiger partial charge in [-0.25, -0.2) is 0 Å². The van der Waals surface area contributed by atoms with E-state index in [0.717, 1.165) is 11.5 Å². The van der Waals surface area contributed by atoms with E-state index < -0.39 is 0 Å². The van der Waals surface area contributed by atoms with Gasteiger partial charge in [0.25, 0.3) is 0 Å². The average Bonchev–Trinajstić information content (AvgIpc) is 2.05. The fourth-order valence-corrected chi connectivity index (χ4v) is 0.898. The zero-order valence-corrected chi connectivity index (χ0v) is 5.41. The molecule has 52 valence electrons. The lowest BCUT2D eigenvalue weighted by Crippen LogP contribution is -2.15. The molecule has 0 aromatic carbocycles. The van der Waals surface area contributed by atoms with E-state index >= 15 is 0 Å². The Balaban J connectivity index is 2.41. The van der Waals surface area contributed by atoms with Crippen LogP contribution in [0.1, 0.15) is 0 Å². The fraction of sp³-hybridized carbons (Fsp3) is 0.286. The van der Waals surface area contributed by atoms with Crippen LogP contribution in [0.5, 0.6) is 11.5 Å². The first kappa shape index (κ1) is 5.53. The van der Waals surface area contributed by atoms with Gasteiger partial charge in [0, 0.05) is 12.3 Å². The number of aromatic nitrogens is 1. The molecule has 0 radical (unpaired) electrons. The van der Waals surface area contributed by atoms with E-state index in [1.807, 2.05) is 0 Å². The van der Waals surface area contributed by atoms with Gasteiger partial charge in [0.1, 0.15) is 13.2 Å². The minimum atomic E-state index is 0.624. The van der Waals surface area contributed by atoms with Crippen molar-refractivity contribution in [3.63, 3.8) is 0 Å². The number of hydrogen-bond donors (Lipinski definition) is 0. The number of rotatable bonds is 0. The Bertz CT molecular complexity index is 212. The Morgan fingerprint density at radius 2 is 2.00 bits per heavy atom. The quantitative estimate of drug-likeness (QED) is 0.531. The molecule has 10 heavy (non-hydrogen) atoms. The first-order valence-electron chi connectivity index (χ1n) is 3.16. The Morgan fingerprint density at radius 1 is 1.20 bits per heavy atom. The molecule has 3 heteroatoms. The molecule has 0 bridgehead atoms. The van der Waals surface area contributed by atoms with Crippen molar-refractivity contribution in [3.05, 3.63) is 18.5 Å². The molecule has 0 aliphatic carbocycles. The summed E-state index contributed by atoms with van der Waals surface area (Å²) >= 11 is 0. The zero-order chi connectivity index (χ0) is 6.81. The highest BCUT2D eigenvalue weighted by atomic mass is 16.6. The lowest BCUT2D eigenvalue weighted by molar-refractivity contribution is 0.170. The van der Waals surface area contributed by atoms with Crippen molar-refractivity contribution in [1.82, 2.24) is 4.98 Å². The van der Waals surface area contributed by atoms with Gasteiger partial charge in [-0.3, -0.25) is 4.98 Å². The smallest absolute Gasteiger partial charge is 0.179 e. The van der Waals surface area contributed by atoms with E-state index in [4.69, 9.17) is 9.47 Å². The van der Waals surface area contributed by atoms with Gasteiger partial charge in [0.15, 0.2) is 11.5 Å². The van der Waals surface area contributed by atoms with Gasteiger partial charge in [-0.2, -0.15) is 0 Å². The summed E-state index contributed by atoms with van der Waals surface area (Å²) < 4.78 is 10.5. The fourth-order valence-electron chi connectivity index (χ4n) is 0.898. The summed E-state index contributed by atoms with van der Waals surface area (Å²) in [5.41, 5.74) is 0. The Hall–Kier alpha value is -1.25. The molecule has 0 amide bonds. The van der Waals surface area contributed by atoms with E-state index in [0.29, 0.717) is 13.2 Å². The molecule has 1 aromatic heterocycles. The van der Waals surface area contributed by atoms with Crippen molar-refractivity contribution in [2.75, 3.05) is 13.2 Å². The summed E-state index contributed by atoms with van der Waals surface area (Å²) in [7, 11) is 0. The van der Waals surface area contributed by atoms with Gasteiger partial charge in [-0.15, -0.1) is 0 Å². The number of fused-ring (bicyclic) bond motifs is 1. The molecular formula is C7H7NO2. The van der Waals surface area contributed by atoms with E-state index in [1.54, 1.807) is 18.5 Å². The Labute approximate surface area is 58.6 Å². The molecule has 2 heterocycles. The first-order valence-corrected chi connectivity index (χ1v) is 3.16. The van der Waals surface area contributed by atoms with Crippen LogP contribution in [0, 0.1) is 0 Å². The van der Waals surface area contributed by atoms with Crippen LogP contribution in [-0.4, -0.2) is 18.2 Å². The molecule has 2 rings (SSSR count). The molecule has 1 aliphatic rings. The second-order valence-electron chi connectivity index (χ2n) is 2.02. The highest BCUT2D eigenvalue weighted by Crippen LogP contribution is 2.27. The SMILES string of the molecule is c1cc2c(cn1)OCCO2. The van der Waals surface area contributed by atoms with Gasteiger partial charge in [-0.05, 0) is 0 Å². The summed E-state index contributed by atoms with van der Waals surface area (Å²) in [5.74, 6) is 1.54. The molecule has 0 atom stereocenters. The molecule has 0 fully saturated rings. The third kappa shape index (κ3) is 0.795. The number of pyridine rings is 1. The van der Waals surface area contributed by atoms with E-state index in [1.165, 1.54) is 0 Å². The normalized spacial score (nSPS) is 14.8. The summed E-state index contributed by atoms with van der Waals surface area (Å²) in [6.45, 7) is 1.26. The second-order valence-corrected chi connectivity index (χ2v) is 2.02. The van der Waals surface area contributed by atoms with Crippen LogP contribution < -0.4 is 9.47 Å². The number of ether oxygens (including phenoxy) is 2. The monoisotopic (exact) mass is 137 g/mol. The predicted molar refractivity (Wildman–Crippen MR) is 35.2 cm³/mol. The largest absolute Gasteiger partial charge is 0.486 e. The van der Waals surface area contributed by atoms with Crippen molar-refractivity contribution < 1.29 is 9.47 Å². The van der Waals surface area contributed by atoms with Gasteiger partial charge in [-0.1, -0.05) is 0 Å². The molecular weight excluding hydrogens is 130 g/mol. The minimum Gasteiger partial charge on any atom is -0.486 e. The van der Waals surface area contributed by atoms with Crippen LogP contribution in [0.2, 0.25) is 0 Å². The molecule has 0 N–H and O–H groups in total. The Morgan fingerprint density at radius 3 is 2.80 bits per heavy atom. The molecule has 0 saturated carbocycles. The van der Waals surface area contributed by atoms with Crippen LogP contribution in [0.3, 0.4) is 0 Å². The van der Waals surface area contributed by atoms with Crippen LogP contribution >= 0.6 is 0 Å². The maximum atomic E-state index is 5.26. The van der Waals surface area contributed by atoms with Gasteiger partial charge in [0.2, 0.25) is 0 Å². The highest BCUT2D eigenvalue weighted by molar-refractivity contribution is 5.37. The molecule has 0 unspecified atom stereocenters. The summed E-state index contributed by atoms with van der Waals surface area (Å²) in [4.78, 5) is 3.89. The van der Waals surface area contributed by atoms with E-state index in [2.05, 4.69) is 4.98 Å². The van der Waals surface area contributed by atoms with Crippen LogP contribution in [0.25, 0.3) is 0 Å². The van der Waals surface area contributed by atoms with Gasteiger partial charge in [0.05, 0.1) is 6.20 Å².